The fourth-order valence-corrected chi connectivity index (χ4v) is 3.52. The van der Waals surface area contributed by atoms with Crippen LogP contribution in [0, 0.1) is 6.92 Å². The molecule has 134 valence electrons. The fraction of sp³-hybridized carbons (Fsp3) is 0.136. The van der Waals surface area contributed by atoms with E-state index in [9.17, 15) is 0 Å². The van der Waals surface area contributed by atoms with Crippen molar-refractivity contribution in [2.45, 2.75) is 13.3 Å². The van der Waals surface area contributed by atoms with Gasteiger partial charge in [0.05, 0.1) is 16.4 Å². The minimum absolute atomic E-state index is 0.820. The number of rotatable bonds is 6. The van der Waals surface area contributed by atoms with Gasteiger partial charge in [0.2, 0.25) is 0 Å². The molecule has 0 bridgehead atoms. The summed E-state index contributed by atoms with van der Waals surface area (Å²) in [5.41, 5.74) is 5.53. The van der Waals surface area contributed by atoms with Crippen molar-refractivity contribution in [1.82, 2.24) is 15.0 Å². The first-order valence-corrected chi connectivity index (χ1v) is 9.79. The number of nitrogens with one attached hydrogen (secondary N) is 1. The summed E-state index contributed by atoms with van der Waals surface area (Å²) >= 11 is 1.68. The molecule has 4 rings (SSSR count). The van der Waals surface area contributed by atoms with Crippen LogP contribution in [0.2, 0.25) is 0 Å². The number of aromatic nitrogens is 3. The molecule has 0 aliphatic carbocycles. The Kier molecular flexibility index (Phi) is 5.21. The smallest absolute Gasteiger partial charge is 0.129 e. The van der Waals surface area contributed by atoms with Crippen molar-refractivity contribution in [3.05, 3.63) is 82.9 Å². The quantitative estimate of drug-likeness (QED) is 0.503. The minimum Gasteiger partial charge on any atom is -0.370 e. The van der Waals surface area contributed by atoms with Gasteiger partial charge in [0.15, 0.2) is 0 Å². The number of aryl methyl sites for hydroxylation is 1. The van der Waals surface area contributed by atoms with Crippen LogP contribution in [-0.4, -0.2) is 21.5 Å². The maximum atomic E-state index is 4.54. The van der Waals surface area contributed by atoms with Crippen LogP contribution in [-0.2, 0) is 6.42 Å². The summed E-state index contributed by atoms with van der Waals surface area (Å²) in [6.07, 6.45) is 2.54. The molecule has 27 heavy (non-hydrogen) atoms. The van der Waals surface area contributed by atoms with Gasteiger partial charge in [-0.25, -0.2) is 15.0 Å². The molecule has 0 saturated heterocycles. The largest absolute Gasteiger partial charge is 0.370 e. The highest BCUT2D eigenvalue weighted by Crippen LogP contribution is 2.22. The van der Waals surface area contributed by atoms with Gasteiger partial charge in [0.25, 0.3) is 0 Å². The Morgan fingerprint density at radius 1 is 0.889 bits per heavy atom. The van der Waals surface area contributed by atoms with Crippen LogP contribution >= 0.6 is 11.3 Å². The van der Waals surface area contributed by atoms with Crippen molar-refractivity contribution in [2.24, 2.45) is 0 Å². The van der Waals surface area contributed by atoms with Gasteiger partial charge in [-0.3, -0.25) is 0 Å². The van der Waals surface area contributed by atoms with E-state index >= 15 is 0 Å². The van der Waals surface area contributed by atoms with E-state index in [0.29, 0.717) is 0 Å². The summed E-state index contributed by atoms with van der Waals surface area (Å²) in [6.45, 7) is 2.85. The van der Waals surface area contributed by atoms with Gasteiger partial charge in [0.1, 0.15) is 12.1 Å². The third-order valence-corrected chi connectivity index (χ3v) is 5.10. The Morgan fingerprint density at radius 3 is 2.41 bits per heavy atom. The van der Waals surface area contributed by atoms with Gasteiger partial charge >= 0.3 is 0 Å². The highest BCUT2D eigenvalue weighted by atomic mass is 32.1. The molecule has 0 aliphatic rings. The first-order chi connectivity index (χ1) is 13.3. The maximum absolute atomic E-state index is 4.54. The number of thiazole rings is 1. The minimum atomic E-state index is 0.820. The molecule has 2 heterocycles. The Labute approximate surface area is 163 Å². The standard InChI is InChI=1S/C22H20N4S/c1-16-26-21(14-27-16)19-9-7-17(8-10-19)11-12-23-22-13-20(24-15-25-22)18-5-3-2-4-6-18/h2-10,13-15H,11-12H2,1H3,(H,23,24,25). The van der Waals surface area contributed by atoms with Crippen LogP contribution in [0.4, 0.5) is 5.82 Å². The van der Waals surface area contributed by atoms with Crippen molar-refractivity contribution < 1.29 is 0 Å². The molecule has 5 heteroatoms. The van der Waals surface area contributed by atoms with Gasteiger partial charge in [-0.1, -0.05) is 54.6 Å². The van der Waals surface area contributed by atoms with Gasteiger partial charge in [0, 0.05) is 29.1 Å². The molecule has 4 aromatic rings. The van der Waals surface area contributed by atoms with E-state index in [0.717, 1.165) is 40.7 Å². The van der Waals surface area contributed by atoms with Crippen LogP contribution in [0.25, 0.3) is 22.5 Å². The zero-order valence-corrected chi connectivity index (χ0v) is 15.9. The molecule has 1 N–H and O–H groups in total. The summed E-state index contributed by atoms with van der Waals surface area (Å²) in [7, 11) is 0. The lowest BCUT2D eigenvalue weighted by atomic mass is 10.1. The number of anilines is 1. The second-order valence-corrected chi connectivity index (χ2v) is 7.34. The van der Waals surface area contributed by atoms with Crippen molar-refractivity contribution >= 4 is 17.2 Å². The van der Waals surface area contributed by atoms with E-state index in [2.05, 4.69) is 62.0 Å². The van der Waals surface area contributed by atoms with E-state index in [1.165, 1.54) is 11.1 Å². The van der Waals surface area contributed by atoms with Crippen molar-refractivity contribution in [1.29, 1.82) is 0 Å². The van der Waals surface area contributed by atoms with Crippen LogP contribution in [0.5, 0.6) is 0 Å². The topological polar surface area (TPSA) is 50.7 Å². The number of hydrogen-bond acceptors (Lipinski definition) is 5. The Bertz CT molecular complexity index is 1010. The van der Waals surface area contributed by atoms with Gasteiger partial charge in [-0.05, 0) is 18.9 Å². The molecule has 2 aromatic carbocycles. The van der Waals surface area contributed by atoms with E-state index < -0.39 is 0 Å². The van der Waals surface area contributed by atoms with Crippen molar-refractivity contribution in [2.75, 3.05) is 11.9 Å². The van der Waals surface area contributed by atoms with Gasteiger partial charge < -0.3 is 5.32 Å². The fourth-order valence-electron chi connectivity index (χ4n) is 2.89. The second-order valence-electron chi connectivity index (χ2n) is 6.28. The molecular weight excluding hydrogens is 352 g/mol. The normalized spacial score (nSPS) is 10.7. The number of hydrogen-bond donors (Lipinski definition) is 1. The molecule has 4 nitrogen and oxygen atoms in total. The zero-order chi connectivity index (χ0) is 18.5. The predicted molar refractivity (Wildman–Crippen MR) is 112 cm³/mol. The maximum Gasteiger partial charge on any atom is 0.129 e. The summed E-state index contributed by atoms with van der Waals surface area (Å²) in [5, 5.41) is 6.59. The average Bonchev–Trinajstić information content (AvgIpc) is 3.16. The molecule has 0 aliphatic heterocycles. The van der Waals surface area contributed by atoms with Crippen molar-refractivity contribution in [3.63, 3.8) is 0 Å². The van der Waals surface area contributed by atoms with Gasteiger partial charge in [-0.15, -0.1) is 11.3 Å². The highest BCUT2D eigenvalue weighted by molar-refractivity contribution is 7.09. The number of nitrogens with zero attached hydrogens (tertiary/aromatic N) is 3. The molecule has 0 fully saturated rings. The molecule has 0 atom stereocenters. The van der Waals surface area contributed by atoms with E-state index in [4.69, 9.17) is 0 Å². The summed E-state index contributed by atoms with van der Waals surface area (Å²) in [6, 6.07) is 20.7. The van der Waals surface area contributed by atoms with Crippen molar-refractivity contribution in [3.8, 4) is 22.5 Å². The molecule has 2 aromatic heterocycles. The Hall–Kier alpha value is -3.05. The lowest BCUT2D eigenvalue weighted by Gasteiger charge is -2.08. The summed E-state index contributed by atoms with van der Waals surface area (Å²) in [4.78, 5) is 13.2. The van der Waals surface area contributed by atoms with E-state index in [1.807, 2.05) is 31.2 Å². The lowest BCUT2D eigenvalue weighted by Crippen LogP contribution is -2.06. The highest BCUT2D eigenvalue weighted by Gasteiger charge is 2.03. The Balaban J connectivity index is 1.36. The first-order valence-electron chi connectivity index (χ1n) is 8.91. The summed E-state index contributed by atoms with van der Waals surface area (Å²) < 4.78 is 0. The zero-order valence-electron chi connectivity index (χ0n) is 15.1. The molecule has 0 unspecified atom stereocenters. The van der Waals surface area contributed by atoms with Crippen LogP contribution < -0.4 is 5.32 Å². The molecule has 0 saturated carbocycles. The lowest BCUT2D eigenvalue weighted by molar-refractivity contribution is 1.000. The Morgan fingerprint density at radius 2 is 1.67 bits per heavy atom. The number of benzene rings is 2. The van der Waals surface area contributed by atoms with Crippen LogP contribution in [0.3, 0.4) is 0 Å². The monoisotopic (exact) mass is 372 g/mol. The van der Waals surface area contributed by atoms with Gasteiger partial charge in [-0.2, -0.15) is 0 Å². The molecule has 0 radical (unpaired) electrons. The molecular formula is C22H20N4S. The predicted octanol–water partition coefficient (Wildman–Crippen LogP) is 5.23. The summed E-state index contributed by atoms with van der Waals surface area (Å²) in [5.74, 6) is 0.846. The third-order valence-electron chi connectivity index (χ3n) is 4.33. The SMILES string of the molecule is Cc1nc(-c2ccc(CCNc3cc(-c4ccccc4)ncn3)cc2)cs1. The van der Waals surface area contributed by atoms with E-state index in [-0.39, 0.29) is 0 Å². The van der Waals surface area contributed by atoms with Crippen LogP contribution in [0.15, 0.2) is 72.4 Å². The van der Waals surface area contributed by atoms with Crippen LogP contribution in [0.1, 0.15) is 10.6 Å². The van der Waals surface area contributed by atoms with E-state index in [1.54, 1.807) is 17.7 Å². The molecule has 0 amide bonds. The second kappa shape index (κ2) is 8.10. The molecule has 0 spiro atoms. The third kappa shape index (κ3) is 4.38. The first kappa shape index (κ1) is 17.4. The average molecular weight is 372 g/mol.